The Morgan fingerprint density at radius 3 is 2.86 bits per heavy atom. The third-order valence-corrected chi connectivity index (χ3v) is 5.31. The average Bonchev–Trinajstić information content (AvgIpc) is 2.92. The van der Waals surface area contributed by atoms with Crippen molar-refractivity contribution in [1.29, 1.82) is 0 Å². The summed E-state index contributed by atoms with van der Waals surface area (Å²) in [6.45, 7) is 3.85. The first-order valence-corrected chi connectivity index (χ1v) is 8.17. The van der Waals surface area contributed by atoms with Gasteiger partial charge in [0.15, 0.2) is 0 Å². The second kappa shape index (κ2) is 6.29. The van der Waals surface area contributed by atoms with Crippen LogP contribution >= 0.6 is 0 Å². The van der Waals surface area contributed by atoms with E-state index < -0.39 is 0 Å². The van der Waals surface area contributed by atoms with Gasteiger partial charge < -0.3 is 10.1 Å². The van der Waals surface area contributed by atoms with Crippen LogP contribution in [0.15, 0.2) is 18.2 Å². The summed E-state index contributed by atoms with van der Waals surface area (Å²) in [4.78, 5) is 14.0. The van der Waals surface area contributed by atoms with Crippen molar-refractivity contribution in [3.05, 3.63) is 29.3 Å². The molecule has 0 unspecified atom stereocenters. The summed E-state index contributed by atoms with van der Waals surface area (Å²) in [5.41, 5.74) is 2.46. The number of methoxy groups -OCH3 is 1. The van der Waals surface area contributed by atoms with Crippen LogP contribution in [0.1, 0.15) is 30.4 Å². The van der Waals surface area contributed by atoms with Crippen LogP contribution in [0.3, 0.4) is 0 Å². The normalized spacial score (nSPS) is 27.6. The summed E-state index contributed by atoms with van der Waals surface area (Å²) >= 11 is 0. The summed E-state index contributed by atoms with van der Waals surface area (Å²) in [5, 5.41) is 3.01. The molecule has 4 nitrogen and oxygen atoms in total. The predicted molar refractivity (Wildman–Crippen MR) is 86.8 cm³/mol. The van der Waals surface area contributed by atoms with Crippen molar-refractivity contribution in [3.63, 3.8) is 0 Å². The Balaban J connectivity index is 1.65. The Hall–Kier alpha value is -1.55. The summed E-state index contributed by atoms with van der Waals surface area (Å²) in [7, 11) is 3.93. The van der Waals surface area contributed by atoms with Crippen molar-refractivity contribution in [1.82, 2.24) is 10.2 Å². The Morgan fingerprint density at radius 2 is 2.09 bits per heavy atom. The molecule has 1 aromatic carbocycles. The summed E-state index contributed by atoms with van der Waals surface area (Å²) in [6.07, 6.45) is 3.04. The zero-order valence-electron chi connectivity index (χ0n) is 13.8. The average molecular weight is 302 g/mol. The van der Waals surface area contributed by atoms with Crippen LogP contribution in [0.2, 0.25) is 0 Å². The number of ether oxygens (including phenoxy) is 1. The smallest absolute Gasteiger partial charge is 0.220 e. The number of benzene rings is 1. The molecule has 3 atom stereocenters. The van der Waals surface area contributed by atoms with E-state index in [4.69, 9.17) is 4.74 Å². The minimum absolute atomic E-state index is 0.227. The highest BCUT2D eigenvalue weighted by Crippen LogP contribution is 2.38. The topological polar surface area (TPSA) is 41.6 Å². The van der Waals surface area contributed by atoms with Crippen LogP contribution in [-0.2, 0) is 11.3 Å². The number of aryl methyl sites for hydroxylation is 1. The van der Waals surface area contributed by atoms with Gasteiger partial charge >= 0.3 is 0 Å². The van der Waals surface area contributed by atoms with E-state index in [2.05, 4.69) is 42.4 Å². The third-order valence-electron chi connectivity index (χ3n) is 5.31. The number of hydrogen-bond donors (Lipinski definition) is 1. The van der Waals surface area contributed by atoms with Gasteiger partial charge in [-0.3, -0.25) is 9.69 Å². The molecular formula is C18H26N2O2. The molecule has 1 N–H and O–H groups in total. The number of nitrogens with zero attached hydrogens (tertiary/aromatic N) is 1. The van der Waals surface area contributed by atoms with Crippen molar-refractivity contribution in [2.45, 2.75) is 38.8 Å². The number of rotatable bonds is 4. The van der Waals surface area contributed by atoms with Crippen LogP contribution in [0.4, 0.5) is 0 Å². The van der Waals surface area contributed by atoms with Crippen molar-refractivity contribution >= 4 is 5.91 Å². The van der Waals surface area contributed by atoms with Crippen LogP contribution in [-0.4, -0.2) is 37.6 Å². The minimum atomic E-state index is 0.227. The molecule has 22 heavy (non-hydrogen) atoms. The monoisotopic (exact) mass is 302 g/mol. The van der Waals surface area contributed by atoms with E-state index in [0.29, 0.717) is 24.3 Å². The molecule has 1 saturated heterocycles. The number of fused-ring (bicyclic) bond motifs is 1. The quantitative estimate of drug-likeness (QED) is 0.928. The van der Waals surface area contributed by atoms with Gasteiger partial charge in [0.1, 0.15) is 5.75 Å². The molecule has 1 heterocycles. The lowest BCUT2D eigenvalue weighted by Crippen LogP contribution is -2.38. The summed E-state index contributed by atoms with van der Waals surface area (Å²) in [6, 6.07) is 6.97. The van der Waals surface area contributed by atoms with Gasteiger partial charge in [0.2, 0.25) is 5.91 Å². The maximum atomic E-state index is 11.5. The molecule has 2 aliphatic rings. The van der Waals surface area contributed by atoms with Gasteiger partial charge in [-0.05, 0) is 50.3 Å². The first kappa shape index (κ1) is 15.3. The zero-order chi connectivity index (χ0) is 15.7. The van der Waals surface area contributed by atoms with Gasteiger partial charge in [0.05, 0.1) is 7.11 Å². The molecule has 1 saturated carbocycles. The molecule has 1 aliphatic carbocycles. The largest absolute Gasteiger partial charge is 0.496 e. The Morgan fingerprint density at radius 1 is 1.32 bits per heavy atom. The van der Waals surface area contributed by atoms with Gasteiger partial charge in [-0.15, -0.1) is 0 Å². The fourth-order valence-electron chi connectivity index (χ4n) is 3.98. The molecule has 1 aliphatic heterocycles. The van der Waals surface area contributed by atoms with Crippen LogP contribution in [0, 0.1) is 18.8 Å². The first-order chi connectivity index (χ1) is 10.6. The number of carbonyl (C=O) groups is 1. The molecule has 1 amide bonds. The standard InChI is InChI=1S/C18H26N2O2/c1-12-4-5-13(17(6-12)22-3)11-20(2)16-7-14-9-18(21)19-10-15(14)8-16/h4-6,14-16H,7-11H2,1-3H3,(H,19,21)/t14-,15+,16-/m1/s1. The zero-order valence-corrected chi connectivity index (χ0v) is 13.8. The van der Waals surface area contributed by atoms with E-state index in [1.54, 1.807) is 7.11 Å². The summed E-state index contributed by atoms with van der Waals surface area (Å²) in [5.74, 6) is 2.43. The summed E-state index contributed by atoms with van der Waals surface area (Å²) < 4.78 is 5.52. The third kappa shape index (κ3) is 3.12. The molecular weight excluding hydrogens is 276 g/mol. The van der Waals surface area contributed by atoms with Crippen molar-refractivity contribution in [3.8, 4) is 5.75 Å². The lowest BCUT2D eigenvalue weighted by Gasteiger charge is -2.25. The lowest BCUT2D eigenvalue weighted by molar-refractivity contribution is -0.124. The van der Waals surface area contributed by atoms with Crippen molar-refractivity contribution in [2.75, 3.05) is 20.7 Å². The van der Waals surface area contributed by atoms with Crippen LogP contribution in [0.5, 0.6) is 5.75 Å². The highest BCUT2D eigenvalue weighted by atomic mass is 16.5. The first-order valence-electron chi connectivity index (χ1n) is 8.17. The van der Waals surface area contributed by atoms with Crippen molar-refractivity contribution < 1.29 is 9.53 Å². The molecule has 1 aromatic rings. The van der Waals surface area contributed by atoms with Crippen LogP contribution < -0.4 is 10.1 Å². The Labute approximate surface area is 132 Å². The minimum Gasteiger partial charge on any atom is -0.496 e. The second-order valence-electron chi connectivity index (χ2n) is 6.88. The maximum Gasteiger partial charge on any atom is 0.220 e. The van der Waals surface area contributed by atoms with Gasteiger partial charge in [-0.25, -0.2) is 0 Å². The number of amides is 1. The fraction of sp³-hybridized carbons (Fsp3) is 0.611. The lowest BCUT2D eigenvalue weighted by atomic mass is 9.89. The molecule has 3 rings (SSSR count). The molecule has 0 aromatic heterocycles. The van der Waals surface area contributed by atoms with E-state index in [1.807, 2.05) is 0 Å². The highest BCUT2D eigenvalue weighted by molar-refractivity contribution is 5.77. The van der Waals surface area contributed by atoms with Crippen molar-refractivity contribution in [2.24, 2.45) is 11.8 Å². The second-order valence-corrected chi connectivity index (χ2v) is 6.88. The maximum absolute atomic E-state index is 11.5. The molecule has 120 valence electrons. The number of piperidine rings is 1. The van der Waals surface area contributed by atoms with E-state index in [-0.39, 0.29) is 5.91 Å². The van der Waals surface area contributed by atoms with Gasteiger partial charge in [-0.2, -0.15) is 0 Å². The number of hydrogen-bond acceptors (Lipinski definition) is 3. The molecule has 2 fully saturated rings. The van der Waals surface area contributed by atoms with E-state index in [1.165, 1.54) is 17.5 Å². The van der Waals surface area contributed by atoms with Crippen LogP contribution in [0.25, 0.3) is 0 Å². The van der Waals surface area contributed by atoms with E-state index >= 15 is 0 Å². The Kier molecular flexibility index (Phi) is 4.39. The van der Waals surface area contributed by atoms with E-state index in [0.717, 1.165) is 25.3 Å². The predicted octanol–water partition coefficient (Wildman–Crippen LogP) is 2.35. The van der Waals surface area contributed by atoms with Gasteiger partial charge in [-0.1, -0.05) is 12.1 Å². The Bertz CT molecular complexity index is 558. The molecule has 0 spiro atoms. The number of nitrogens with one attached hydrogen (secondary N) is 1. The SMILES string of the molecule is COc1cc(C)ccc1CN(C)[C@H]1C[C@H]2CNC(=O)C[C@H]2C1. The van der Waals surface area contributed by atoms with E-state index in [9.17, 15) is 4.79 Å². The molecule has 0 radical (unpaired) electrons. The molecule has 0 bridgehead atoms. The number of carbonyl (C=O) groups excluding carboxylic acids is 1. The van der Waals surface area contributed by atoms with Gasteiger partial charge in [0, 0.05) is 31.1 Å². The highest BCUT2D eigenvalue weighted by Gasteiger charge is 2.39. The molecule has 4 heteroatoms. The fourth-order valence-corrected chi connectivity index (χ4v) is 3.98. The van der Waals surface area contributed by atoms with Gasteiger partial charge in [0.25, 0.3) is 0 Å².